The Kier molecular flexibility index (Phi) is 7.55. The van der Waals surface area contributed by atoms with Gasteiger partial charge in [-0.25, -0.2) is 0 Å². The molecule has 3 aromatic carbocycles. The number of hydrogen-bond acceptors (Lipinski definition) is 1. The van der Waals surface area contributed by atoms with Gasteiger partial charge in [-0.1, -0.05) is 66.7 Å². The Labute approximate surface area is 189 Å². The first-order valence-corrected chi connectivity index (χ1v) is 9.72. The number of aliphatic hydroxyl groups excluding tert-OH is 1. The number of nitrogens with zero attached hydrogens (tertiary/aromatic N) is 1. The van der Waals surface area contributed by atoms with Crippen LogP contribution in [0.1, 0.15) is 6.42 Å². The molecule has 0 atom stereocenters. The molecule has 4 rings (SSSR count). The van der Waals surface area contributed by atoms with Crippen molar-refractivity contribution in [3.63, 3.8) is 0 Å². The molecule has 2 nitrogen and oxygen atoms in total. The van der Waals surface area contributed by atoms with Crippen LogP contribution >= 0.6 is 0 Å². The van der Waals surface area contributed by atoms with Crippen molar-refractivity contribution in [1.82, 2.24) is 0 Å². The van der Waals surface area contributed by atoms with Crippen LogP contribution in [0.4, 0.5) is 0 Å². The summed E-state index contributed by atoms with van der Waals surface area (Å²) < 4.78 is 2.33. The molecular formula is C26H24INO. The maximum absolute atomic E-state index is 9.47. The number of aliphatic hydroxyl groups is 1. The largest absolute Gasteiger partial charge is 1.00 e. The number of rotatable bonds is 6. The number of halogens is 1. The van der Waals surface area contributed by atoms with E-state index in [0.717, 1.165) is 24.4 Å². The first-order valence-electron chi connectivity index (χ1n) is 9.72. The standard InChI is InChI=1S/C26H24NO.HI/c28-18-10-17-27-25(22-13-6-2-7-14-22)19-24(21-11-4-1-5-12-21)20-26(27)23-15-8-3-9-16-23;/h1-9,11-16,19-20,28H,10,17-18H2;1H/q+1;/p-1. The van der Waals surface area contributed by atoms with E-state index in [9.17, 15) is 5.11 Å². The molecule has 0 aliphatic carbocycles. The third-order valence-electron chi connectivity index (χ3n) is 4.95. The van der Waals surface area contributed by atoms with Gasteiger partial charge in [0.2, 0.25) is 11.4 Å². The Morgan fingerprint density at radius 2 is 0.966 bits per heavy atom. The molecule has 0 unspecified atom stereocenters. The Bertz CT molecular complexity index is 974. The normalized spacial score (nSPS) is 10.4. The number of pyridine rings is 1. The number of benzene rings is 3. The molecule has 1 N–H and O–H groups in total. The van der Waals surface area contributed by atoms with Gasteiger partial charge in [0.1, 0.15) is 0 Å². The highest BCUT2D eigenvalue weighted by Gasteiger charge is 2.22. The van der Waals surface area contributed by atoms with Crippen molar-refractivity contribution in [2.45, 2.75) is 13.0 Å². The van der Waals surface area contributed by atoms with E-state index < -0.39 is 0 Å². The summed E-state index contributed by atoms with van der Waals surface area (Å²) in [5, 5.41) is 9.47. The van der Waals surface area contributed by atoms with Crippen LogP contribution < -0.4 is 28.5 Å². The minimum Gasteiger partial charge on any atom is -1.00 e. The summed E-state index contributed by atoms with van der Waals surface area (Å²) in [5.74, 6) is 0. The molecule has 0 aliphatic heterocycles. The highest BCUT2D eigenvalue weighted by atomic mass is 127. The lowest BCUT2D eigenvalue weighted by atomic mass is 9.99. The molecule has 0 saturated heterocycles. The van der Waals surface area contributed by atoms with Crippen molar-refractivity contribution in [2.24, 2.45) is 0 Å². The summed E-state index contributed by atoms with van der Waals surface area (Å²) in [6, 6.07) is 36.0. The summed E-state index contributed by atoms with van der Waals surface area (Å²) in [5.41, 5.74) is 7.07. The molecular weight excluding hydrogens is 469 g/mol. The second-order valence-electron chi connectivity index (χ2n) is 6.84. The molecule has 1 heterocycles. The van der Waals surface area contributed by atoms with E-state index in [1.54, 1.807) is 0 Å². The predicted octanol–water partition coefficient (Wildman–Crippen LogP) is 2.36. The molecule has 0 spiro atoms. The molecule has 0 radical (unpaired) electrons. The molecule has 0 amide bonds. The Morgan fingerprint density at radius 1 is 0.552 bits per heavy atom. The third kappa shape index (κ3) is 4.92. The van der Waals surface area contributed by atoms with E-state index in [1.165, 1.54) is 22.3 Å². The topological polar surface area (TPSA) is 24.1 Å². The van der Waals surface area contributed by atoms with E-state index in [-0.39, 0.29) is 30.6 Å². The van der Waals surface area contributed by atoms with Crippen molar-refractivity contribution in [3.05, 3.63) is 103 Å². The average molecular weight is 493 g/mol. The van der Waals surface area contributed by atoms with Crippen molar-refractivity contribution >= 4 is 0 Å². The van der Waals surface area contributed by atoms with Crippen molar-refractivity contribution in [2.75, 3.05) is 6.61 Å². The van der Waals surface area contributed by atoms with Crippen LogP contribution in [0.5, 0.6) is 0 Å². The summed E-state index contributed by atoms with van der Waals surface area (Å²) in [6.45, 7) is 0.940. The monoisotopic (exact) mass is 493 g/mol. The molecule has 29 heavy (non-hydrogen) atoms. The Morgan fingerprint density at radius 3 is 1.38 bits per heavy atom. The predicted molar refractivity (Wildman–Crippen MR) is 115 cm³/mol. The summed E-state index contributed by atoms with van der Waals surface area (Å²) in [4.78, 5) is 0. The molecule has 3 heteroatoms. The minimum atomic E-state index is 0. The van der Waals surface area contributed by atoms with Gasteiger partial charge in [-0.3, -0.25) is 0 Å². The van der Waals surface area contributed by atoms with Crippen molar-refractivity contribution < 1.29 is 33.7 Å². The molecule has 0 aliphatic rings. The quantitative estimate of drug-likeness (QED) is 0.324. The van der Waals surface area contributed by atoms with Gasteiger partial charge < -0.3 is 29.1 Å². The summed E-state index contributed by atoms with van der Waals surface area (Å²) in [7, 11) is 0. The second-order valence-corrected chi connectivity index (χ2v) is 6.84. The SMILES string of the molecule is OCCC[n+]1c(-c2ccccc2)cc(-c2ccccc2)cc1-c1ccccc1.[I-]. The average Bonchev–Trinajstić information content (AvgIpc) is 2.79. The van der Waals surface area contributed by atoms with Crippen LogP contribution in [0.25, 0.3) is 33.6 Å². The molecule has 1 aromatic heterocycles. The van der Waals surface area contributed by atoms with Gasteiger partial charge in [0, 0.05) is 36.3 Å². The van der Waals surface area contributed by atoms with Gasteiger partial charge in [0.15, 0.2) is 6.54 Å². The van der Waals surface area contributed by atoms with Gasteiger partial charge in [-0.05, 0) is 35.4 Å². The van der Waals surface area contributed by atoms with Crippen LogP contribution in [0.15, 0.2) is 103 Å². The minimum absolute atomic E-state index is 0. The zero-order chi connectivity index (χ0) is 19.2. The highest BCUT2D eigenvalue weighted by molar-refractivity contribution is 5.73. The Hall–Kier alpha value is -2.50. The first-order chi connectivity index (χ1) is 13.9. The molecule has 146 valence electrons. The summed E-state index contributed by atoms with van der Waals surface area (Å²) in [6.07, 6.45) is 0.717. The van der Waals surface area contributed by atoms with E-state index >= 15 is 0 Å². The van der Waals surface area contributed by atoms with Crippen LogP contribution in [-0.2, 0) is 6.54 Å². The van der Waals surface area contributed by atoms with Gasteiger partial charge in [0.05, 0.1) is 0 Å². The lowest BCUT2D eigenvalue weighted by Gasteiger charge is -2.12. The molecule has 0 fully saturated rings. The van der Waals surface area contributed by atoms with E-state index in [4.69, 9.17) is 0 Å². The fraction of sp³-hybridized carbons (Fsp3) is 0.115. The Balaban J connectivity index is 0.00000240. The maximum Gasteiger partial charge on any atom is 0.213 e. The zero-order valence-corrected chi connectivity index (χ0v) is 18.4. The van der Waals surface area contributed by atoms with Gasteiger partial charge in [0.25, 0.3) is 0 Å². The van der Waals surface area contributed by atoms with Crippen LogP contribution in [0.3, 0.4) is 0 Å². The zero-order valence-electron chi connectivity index (χ0n) is 16.2. The summed E-state index contributed by atoms with van der Waals surface area (Å²) >= 11 is 0. The lowest BCUT2D eigenvalue weighted by Crippen LogP contribution is -3.00. The number of aromatic nitrogens is 1. The van der Waals surface area contributed by atoms with E-state index in [1.807, 2.05) is 18.2 Å². The molecule has 0 bridgehead atoms. The number of hydrogen-bond donors (Lipinski definition) is 1. The van der Waals surface area contributed by atoms with Crippen LogP contribution in [-0.4, -0.2) is 11.7 Å². The fourth-order valence-electron chi connectivity index (χ4n) is 3.59. The smallest absolute Gasteiger partial charge is 0.213 e. The highest BCUT2D eigenvalue weighted by Crippen LogP contribution is 2.29. The van der Waals surface area contributed by atoms with Gasteiger partial charge >= 0.3 is 0 Å². The van der Waals surface area contributed by atoms with Crippen LogP contribution in [0, 0.1) is 0 Å². The lowest BCUT2D eigenvalue weighted by molar-refractivity contribution is -0.676. The third-order valence-corrected chi connectivity index (χ3v) is 4.95. The van der Waals surface area contributed by atoms with E-state index in [0.29, 0.717) is 0 Å². The second kappa shape index (κ2) is 10.3. The first kappa shape index (κ1) is 21.2. The van der Waals surface area contributed by atoms with Crippen molar-refractivity contribution in [3.8, 4) is 33.6 Å². The van der Waals surface area contributed by atoms with Crippen LogP contribution in [0.2, 0.25) is 0 Å². The van der Waals surface area contributed by atoms with Gasteiger partial charge in [-0.15, -0.1) is 0 Å². The van der Waals surface area contributed by atoms with E-state index in [2.05, 4.69) is 89.5 Å². The van der Waals surface area contributed by atoms with Crippen molar-refractivity contribution in [1.29, 1.82) is 0 Å². The fourth-order valence-corrected chi connectivity index (χ4v) is 3.59. The van der Waals surface area contributed by atoms with Gasteiger partial charge in [-0.2, -0.15) is 4.57 Å². The maximum atomic E-state index is 9.47. The molecule has 0 saturated carbocycles. The molecule has 4 aromatic rings.